The van der Waals surface area contributed by atoms with E-state index in [1.807, 2.05) is 0 Å². The van der Waals surface area contributed by atoms with Gasteiger partial charge in [0.25, 0.3) is 0 Å². The van der Waals surface area contributed by atoms with Crippen molar-refractivity contribution in [1.82, 2.24) is 0 Å². The largest absolute Gasteiger partial charge is 0.278 e. The van der Waals surface area contributed by atoms with Crippen molar-refractivity contribution in [1.29, 1.82) is 5.41 Å². The second kappa shape index (κ2) is 3.63. The predicted molar refractivity (Wildman–Crippen MR) is 59.1 cm³/mol. The number of carbonyl (C=O) groups excluding carboxylic acids is 1. The normalized spacial score (nSPS) is 16.5. The Labute approximate surface area is 90.6 Å². The first-order valence-corrected chi connectivity index (χ1v) is 5.35. The second-order valence-corrected chi connectivity index (χ2v) is 4.20. The zero-order chi connectivity index (χ0) is 10.1. The number of carbonyl (C=O) groups is 1. The van der Waals surface area contributed by atoms with Gasteiger partial charge >= 0.3 is 0 Å². The van der Waals surface area contributed by atoms with E-state index >= 15 is 0 Å². The summed E-state index contributed by atoms with van der Waals surface area (Å²) < 4.78 is 0. The average Bonchev–Trinajstić information content (AvgIpc) is 2.49. The average molecular weight is 227 g/mol. The summed E-state index contributed by atoms with van der Waals surface area (Å²) in [4.78, 5) is 12.8. The number of rotatable bonds is 1. The smallest absolute Gasteiger partial charge is 0.243 e. The van der Waals surface area contributed by atoms with Gasteiger partial charge in [-0.15, -0.1) is 0 Å². The molecule has 1 aliphatic heterocycles. The van der Waals surface area contributed by atoms with E-state index in [0.717, 1.165) is 0 Å². The molecule has 1 aliphatic rings. The third kappa shape index (κ3) is 1.63. The van der Waals surface area contributed by atoms with Gasteiger partial charge < -0.3 is 0 Å². The van der Waals surface area contributed by atoms with Gasteiger partial charge in [-0.1, -0.05) is 23.4 Å². The standard InChI is InChI=1S/C9H7ClN2OS/c10-6-1-3-7(4-2-6)12-8(13)5-14-9(12)11/h1-4,11H,5H2. The van der Waals surface area contributed by atoms with Crippen LogP contribution in [0.2, 0.25) is 5.02 Å². The fraction of sp³-hybridized carbons (Fsp3) is 0.111. The molecular weight excluding hydrogens is 220 g/mol. The summed E-state index contributed by atoms with van der Waals surface area (Å²) in [5.74, 6) is 0.295. The number of anilines is 1. The van der Waals surface area contributed by atoms with Crippen molar-refractivity contribution in [2.24, 2.45) is 0 Å². The first-order chi connectivity index (χ1) is 6.68. The summed E-state index contributed by atoms with van der Waals surface area (Å²) in [6, 6.07) is 6.89. The maximum Gasteiger partial charge on any atom is 0.243 e. The van der Waals surface area contributed by atoms with E-state index in [4.69, 9.17) is 17.0 Å². The van der Waals surface area contributed by atoms with Gasteiger partial charge in [0.05, 0.1) is 11.4 Å². The lowest BCUT2D eigenvalue weighted by Gasteiger charge is -2.14. The molecule has 1 N–H and O–H groups in total. The van der Waals surface area contributed by atoms with Crippen LogP contribution >= 0.6 is 23.4 Å². The number of amidine groups is 1. The first-order valence-electron chi connectivity index (χ1n) is 3.98. The minimum absolute atomic E-state index is 0.0534. The molecule has 0 bridgehead atoms. The lowest BCUT2D eigenvalue weighted by atomic mass is 10.3. The third-order valence-electron chi connectivity index (χ3n) is 1.87. The topological polar surface area (TPSA) is 44.2 Å². The lowest BCUT2D eigenvalue weighted by molar-refractivity contribution is -0.115. The Bertz CT molecular complexity index is 374. The van der Waals surface area contributed by atoms with Gasteiger partial charge in [0.1, 0.15) is 0 Å². The quantitative estimate of drug-likeness (QED) is 0.799. The minimum atomic E-state index is -0.0534. The van der Waals surface area contributed by atoms with E-state index in [-0.39, 0.29) is 11.1 Å². The van der Waals surface area contributed by atoms with Gasteiger partial charge in [-0.05, 0) is 24.3 Å². The number of halogens is 1. The van der Waals surface area contributed by atoms with Crippen molar-refractivity contribution in [3.05, 3.63) is 29.3 Å². The van der Waals surface area contributed by atoms with Crippen molar-refractivity contribution in [2.75, 3.05) is 10.7 Å². The fourth-order valence-electron chi connectivity index (χ4n) is 1.22. The Kier molecular flexibility index (Phi) is 2.48. The van der Waals surface area contributed by atoms with Crippen LogP contribution in [0.3, 0.4) is 0 Å². The van der Waals surface area contributed by atoms with E-state index in [2.05, 4.69) is 0 Å². The molecule has 14 heavy (non-hydrogen) atoms. The maximum atomic E-state index is 11.4. The monoisotopic (exact) mass is 226 g/mol. The van der Waals surface area contributed by atoms with Gasteiger partial charge in [0.2, 0.25) is 5.91 Å². The summed E-state index contributed by atoms with van der Waals surface area (Å²) in [5, 5.41) is 8.46. The number of amides is 1. The van der Waals surface area contributed by atoms with E-state index in [1.165, 1.54) is 16.7 Å². The van der Waals surface area contributed by atoms with Crippen molar-refractivity contribution >= 4 is 40.1 Å². The molecule has 0 spiro atoms. The van der Waals surface area contributed by atoms with Crippen LogP contribution in [0, 0.1) is 5.41 Å². The number of hydrogen-bond donors (Lipinski definition) is 1. The number of hydrogen-bond acceptors (Lipinski definition) is 3. The van der Waals surface area contributed by atoms with E-state index in [1.54, 1.807) is 24.3 Å². The van der Waals surface area contributed by atoms with E-state index in [9.17, 15) is 4.79 Å². The molecule has 5 heteroatoms. The molecule has 1 aromatic carbocycles. The molecule has 1 fully saturated rings. The molecule has 1 amide bonds. The van der Waals surface area contributed by atoms with Crippen molar-refractivity contribution in [3.8, 4) is 0 Å². The van der Waals surface area contributed by atoms with Gasteiger partial charge in [0, 0.05) is 5.02 Å². The zero-order valence-corrected chi connectivity index (χ0v) is 8.73. The van der Waals surface area contributed by atoms with Gasteiger partial charge in [-0.2, -0.15) is 0 Å². The summed E-state index contributed by atoms with van der Waals surface area (Å²) in [5.41, 5.74) is 0.703. The van der Waals surface area contributed by atoms with Gasteiger partial charge in [0.15, 0.2) is 5.17 Å². The van der Waals surface area contributed by atoms with E-state index < -0.39 is 0 Å². The fourth-order valence-corrected chi connectivity index (χ4v) is 2.08. The number of nitrogens with one attached hydrogen (secondary N) is 1. The zero-order valence-electron chi connectivity index (χ0n) is 7.16. The number of thioether (sulfide) groups is 1. The van der Waals surface area contributed by atoms with Crippen LogP contribution in [0.4, 0.5) is 5.69 Å². The van der Waals surface area contributed by atoms with Crippen LogP contribution in [0.15, 0.2) is 24.3 Å². The highest BCUT2D eigenvalue weighted by Gasteiger charge is 2.27. The minimum Gasteiger partial charge on any atom is -0.278 e. The molecule has 2 rings (SSSR count). The number of benzene rings is 1. The van der Waals surface area contributed by atoms with Crippen LogP contribution in [0.1, 0.15) is 0 Å². The molecule has 1 saturated heterocycles. The summed E-state index contributed by atoms with van der Waals surface area (Å²) in [6.45, 7) is 0. The molecule has 1 heterocycles. The predicted octanol–water partition coefficient (Wildman–Crippen LogP) is 2.35. The molecule has 3 nitrogen and oxygen atoms in total. The van der Waals surface area contributed by atoms with Crippen LogP contribution in [0.25, 0.3) is 0 Å². The maximum absolute atomic E-state index is 11.4. The molecule has 0 saturated carbocycles. The molecule has 1 aromatic rings. The molecule has 0 atom stereocenters. The Balaban J connectivity index is 2.34. The third-order valence-corrected chi connectivity index (χ3v) is 2.97. The van der Waals surface area contributed by atoms with Crippen molar-refractivity contribution in [2.45, 2.75) is 0 Å². The van der Waals surface area contributed by atoms with Crippen LogP contribution in [-0.4, -0.2) is 16.8 Å². The molecule has 72 valence electrons. The molecule has 0 aromatic heterocycles. The Hall–Kier alpha value is -1.00. The first kappa shape index (κ1) is 9.55. The summed E-state index contributed by atoms with van der Waals surface area (Å²) in [6.07, 6.45) is 0. The van der Waals surface area contributed by atoms with Crippen molar-refractivity contribution in [3.63, 3.8) is 0 Å². The van der Waals surface area contributed by atoms with Crippen LogP contribution < -0.4 is 4.90 Å². The highest BCUT2D eigenvalue weighted by Crippen LogP contribution is 2.26. The summed E-state index contributed by atoms with van der Waals surface area (Å²) >= 11 is 6.97. The molecule has 0 radical (unpaired) electrons. The Morgan fingerprint density at radius 3 is 2.50 bits per heavy atom. The van der Waals surface area contributed by atoms with Gasteiger partial charge in [-0.3, -0.25) is 15.1 Å². The highest BCUT2D eigenvalue weighted by atomic mass is 35.5. The lowest BCUT2D eigenvalue weighted by Crippen LogP contribution is -2.28. The van der Waals surface area contributed by atoms with Crippen LogP contribution in [-0.2, 0) is 4.79 Å². The highest BCUT2D eigenvalue weighted by molar-refractivity contribution is 8.15. The second-order valence-electron chi connectivity index (χ2n) is 2.80. The Morgan fingerprint density at radius 2 is 2.00 bits per heavy atom. The molecular formula is C9H7ClN2OS. The van der Waals surface area contributed by atoms with Crippen LogP contribution in [0.5, 0.6) is 0 Å². The Morgan fingerprint density at radius 1 is 1.36 bits per heavy atom. The summed E-state index contributed by atoms with van der Waals surface area (Å²) in [7, 11) is 0. The number of nitrogens with zero attached hydrogens (tertiary/aromatic N) is 1. The van der Waals surface area contributed by atoms with Gasteiger partial charge in [-0.25, -0.2) is 0 Å². The van der Waals surface area contributed by atoms with E-state index in [0.29, 0.717) is 16.5 Å². The SMILES string of the molecule is N=C1SCC(=O)N1c1ccc(Cl)cc1. The molecule has 0 unspecified atom stereocenters. The molecule has 0 aliphatic carbocycles. The van der Waals surface area contributed by atoms with Crippen molar-refractivity contribution < 1.29 is 4.79 Å².